The summed E-state index contributed by atoms with van der Waals surface area (Å²) < 4.78 is 42.3. The number of halogens is 4. The van der Waals surface area contributed by atoms with Crippen LogP contribution in [0, 0.1) is 0 Å². The van der Waals surface area contributed by atoms with Crippen molar-refractivity contribution in [3.63, 3.8) is 0 Å². The Bertz CT molecular complexity index is 349. The van der Waals surface area contributed by atoms with Gasteiger partial charge in [-0.2, -0.15) is 13.2 Å². The molecule has 98 valence electrons. The van der Waals surface area contributed by atoms with Gasteiger partial charge in [0.15, 0.2) is 4.60 Å². The molecular weight excluding hydrogens is 305 g/mol. The molecule has 0 aromatic carbocycles. The molecule has 17 heavy (non-hydrogen) atoms. The van der Waals surface area contributed by atoms with E-state index in [-0.39, 0.29) is 6.61 Å². The number of ether oxygens (including phenoxy) is 1. The van der Waals surface area contributed by atoms with Crippen molar-refractivity contribution in [2.24, 2.45) is 7.05 Å². The van der Waals surface area contributed by atoms with E-state index in [2.05, 4.69) is 36.3 Å². The molecule has 1 N–H and O–H groups in total. The lowest BCUT2D eigenvalue weighted by atomic mass is 10.2. The van der Waals surface area contributed by atoms with Crippen molar-refractivity contribution in [1.82, 2.24) is 20.3 Å². The summed E-state index contributed by atoms with van der Waals surface area (Å²) in [6.07, 6.45) is -4.32. The molecular formula is C8H12BrF3N4O. The van der Waals surface area contributed by atoms with Crippen molar-refractivity contribution in [3.05, 3.63) is 10.3 Å². The van der Waals surface area contributed by atoms with Crippen LogP contribution < -0.4 is 5.32 Å². The van der Waals surface area contributed by atoms with Crippen molar-refractivity contribution in [2.45, 2.75) is 12.2 Å². The van der Waals surface area contributed by atoms with Crippen LogP contribution in [0.1, 0.15) is 11.7 Å². The second-order valence-electron chi connectivity index (χ2n) is 3.36. The number of likely N-dealkylation sites (N-methyl/N-ethyl adjacent to an activating group) is 1. The van der Waals surface area contributed by atoms with Crippen LogP contribution in [0.15, 0.2) is 4.60 Å². The fourth-order valence-electron chi connectivity index (χ4n) is 1.30. The Hall–Kier alpha value is -0.670. The fourth-order valence-corrected chi connectivity index (χ4v) is 1.90. The number of aromatic nitrogens is 3. The lowest BCUT2D eigenvalue weighted by Crippen LogP contribution is -2.27. The Labute approximate surface area is 104 Å². The number of aryl methyl sites for hydroxylation is 1. The molecule has 5 nitrogen and oxygen atoms in total. The van der Waals surface area contributed by atoms with E-state index < -0.39 is 18.8 Å². The first-order valence-electron chi connectivity index (χ1n) is 4.72. The van der Waals surface area contributed by atoms with E-state index in [4.69, 9.17) is 0 Å². The molecule has 1 heterocycles. The smallest absolute Gasteiger partial charge is 0.370 e. The molecule has 9 heteroatoms. The summed E-state index contributed by atoms with van der Waals surface area (Å²) >= 11 is 3.18. The Morgan fingerprint density at radius 3 is 2.59 bits per heavy atom. The molecule has 0 saturated carbocycles. The van der Waals surface area contributed by atoms with E-state index >= 15 is 0 Å². The van der Waals surface area contributed by atoms with Crippen LogP contribution in [-0.4, -0.2) is 41.4 Å². The lowest BCUT2D eigenvalue weighted by Gasteiger charge is -2.17. The van der Waals surface area contributed by atoms with E-state index in [0.29, 0.717) is 10.3 Å². The van der Waals surface area contributed by atoms with Gasteiger partial charge in [-0.1, -0.05) is 5.21 Å². The minimum atomic E-state index is -4.32. The van der Waals surface area contributed by atoms with Crippen molar-refractivity contribution < 1.29 is 17.9 Å². The van der Waals surface area contributed by atoms with Gasteiger partial charge >= 0.3 is 6.18 Å². The van der Waals surface area contributed by atoms with Crippen molar-refractivity contribution in [2.75, 3.05) is 20.3 Å². The standard InChI is InChI=1S/C8H12BrF3N4O/c1-13-5(3-17-4-8(10,11)12)6-7(9)14-15-16(6)2/h5,13H,3-4H2,1-2H3. The average Bonchev–Trinajstić information content (AvgIpc) is 2.53. The maximum Gasteiger partial charge on any atom is 0.411 e. The van der Waals surface area contributed by atoms with Crippen LogP contribution in [0.3, 0.4) is 0 Å². The summed E-state index contributed by atoms with van der Waals surface area (Å²) in [5, 5.41) is 10.3. The van der Waals surface area contributed by atoms with Gasteiger partial charge in [0.25, 0.3) is 0 Å². The summed E-state index contributed by atoms with van der Waals surface area (Å²) in [7, 11) is 3.28. The third kappa shape index (κ3) is 4.25. The summed E-state index contributed by atoms with van der Waals surface area (Å²) in [5.74, 6) is 0. The maximum absolute atomic E-state index is 11.9. The quantitative estimate of drug-likeness (QED) is 0.892. The highest BCUT2D eigenvalue weighted by molar-refractivity contribution is 9.10. The zero-order chi connectivity index (χ0) is 13.1. The van der Waals surface area contributed by atoms with Gasteiger partial charge in [0.1, 0.15) is 6.61 Å². The fraction of sp³-hybridized carbons (Fsp3) is 0.750. The van der Waals surface area contributed by atoms with Crippen LogP contribution in [0.2, 0.25) is 0 Å². The minimum Gasteiger partial charge on any atom is -0.370 e. The molecule has 1 aromatic heterocycles. The SMILES string of the molecule is CNC(COCC(F)(F)F)c1c(Br)nnn1C. The minimum absolute atomic E-state index is 0.115. The maximum atomic E-state index is 11.9. The molecule has 0 bridgehead atoms. The van der Waals surface area contributed by atoms with Gasteiger partial charge in [0, 0.05) is 7.05 Å². The molecule has 1 atom stereocenters. The van der Waals surface area contributed by atoms with Crippen LogP contribution in [0.4, 0.5) is 13.2 Å². The molecule has 0 radical (unpaired) electrons. The second-order valence-corrected chi connectivity index (χ2v) is 4.11. The van der Waals surface area contributed by atoms with Crippen molar-refractivity contribution in [3.8, 4) is 0 Å². The van der Waals surface area contributed by atoms with Gasteiger partial charge in [-0.25, -0.2) is 4.68 Å². The highest BCUT2D eigenvalue weighted by Crippen LogP contribution is 2.21. The number of hydrogen-bond donors (Lipinski definition) is 1. The molecule has 0 aliphatic rings. The third-order valence-electron chi connectivity index (χ3n) is 2.06. The van der Waals surface area contributed by atoms with E-state index in [0.717, 1.165) is 0 Å². The van der Waals surface area contributed by atoms with E-state index in [1.165, 1.54) is 4.68 Å². The molecule has 1 unspecified atom stereocenters. The van der Waals surface area contributed by atoms with Gasteiger partial charge in [0.05, 0.1) is 18.3 Å². The zero-order valence-corrected chi connectivity index (χ0v) is 10.8. The number of nitrogens with zero attached hydrogens (tertiary/aromatic N) is 3. The number of nitrogens with one attached hydrogen (secondary N) is 1. The normalized spacial score (nSPS) is 14.0. The first kappa shape index (κ1) is 14.4. The number of hydrogen-bond acceptors (Lipinski definition) is 4. The van der Waals surface area contributed by atoms with Gasteiger partial charge in [0.2, 0.25) is 0 Å². The van der Waals surface area contributed by atoms with E-state index in [9.17, 15) is 13.2 Å². The van der Waals surface area contributed by atoms with Crippen LogP contribution >= 0.6 is 15.9 Å². The predicted octanol–water partition coefficient (Wildman–Crippen LogP) is 1.42. The summed E-state index contributed by atoms with van der Waals surface area (Å²) in [5.41, 5.74) is 0.634. The highest BCUT2D eigenvalue weighted by Gasteiger charge is 2.28. The Morgan fingerprint density at radius 2 is 2.18 bits per heavy atom. The van der Waals surface area contributed by atoms with Gasteiger partial charge < -0.3 is 10.1 Å². The van der Waals surface area contributed by atoms with Crippen LogP contribution in [0.25, 0.3) is 0 Å². The average molecular weight is 317 g/mol. The highest BCUT2D eigenvalue weighted by atomic mass is 79.9. The van der Waals surface area contributed by atoms with Gasteiger partial charge in [-0.15, -0.1) is 5.10 Å². The molecule has 1 rings (SSSR count). The molecule has 1 aromatic rings. The monoisotopic (exact) mass is 316 g/mol. The van der Waals surface area contributed by atoms with Crippen LogP contribution in [-0.2, 0) is 11.8 Å². The summed E-state index contributed by atoms with van der Waals surface area (Å²) in [6, 6.07) is -0.410. The predicted molar refractivity (Wildman–Crippen MR) is 57.4 cm³/mol. The summed E-state index contributed by atoms with van der Waals surface area (Å²) in [4.78, 5) is 0. The second kappa shape index (κ2) is 5.78. The Kier molecular flexibility index (Phi) is 4.90. The molecule has 0 aliphatic heterocycles. The van der Waals surface area contributed by atoms with E-state index in [1.807, 2.05) is 0 Å². The first-order chi connectivity index (χ1) is 7.85. The summed E-state index contributed by atoms with van der Waals surface area (Å²) in [6.45, 7) is -1.39. The Morgan fingerprint density at radius 1 is 1.53 bits per heavy atom. The van der Waals surface area contributed by atoms with Crippen LogP contribution in [0.5, 0.6) is 0 Å². The van der Waals surface area contributed by atoms with Gasteiger partial charge in [-0.3, -0.25) is 0 Å². The van der Waals surface area contributed by atoms with Crippen molar-refractivity contribution in [1.29, 1.82) is 0 Å². The number of alkyl halides is 3. The lowest BCUT2D eigenvalue weighted by molar-refractivity contribution is -0.175. The molecule has 0 spiro atoms. The van der Waals surface area contributed by atoms with E-state index in [1.54, 1.807) is 14.1 Å². The topological polar surface area (TPSA) is 52.0 Å². The molecule has 0 saturated heterocycles. The molecule has 0 fully saturated rings. The Balaban J connectivity index is 2.61. The van der Waals surface area contributed by atoms with Gasteiger partial charge in [-0.05, 0) is 23.0 Å². The largest absolute Gasteiger partial charge is 0.411 e. The number of rotatable bonds is 5. The third-order valence-corrected chi connectivity index (χ3v) is 2.62. The molecule has 0 aliphatic carbocycles. The molecule has 0 amide bonds. The zero-order valence-electron chi connectivity index (χ0n) is 9.25. The van der Waals surface area contributed by atoms with Crippen molar-refractivity contribution >= 4 is 15.9 Å². The first-order valence-corrected chi connectivity index (χ1v) is 5.51.